The van der Waals surface area contributed by atoms with Crippen LogP contribution in [-0.4, -0.2) is 61.7 Å². The Kier molecular flexibility index (Phi) is 3.42. The lowest BCUT2D eigenvalue weighted by molar-refractivity contribution is 0.154. The quantitative estimate of drug-likeness (QED) is 0.705. The van der Waals surface area contributed by atoms with Gasteiger partial charge in [-0.15, -0.1) is 0 Å². The second kappa shape index (κ2) is 4.60. The van der Waals surface area contributed by atoms with E-state index in [1.54, 1.807) is 0 Å². The fourth-order valence-electron chi connectivity index (χ4n) is 2.92. The van der Waals surface area contributed by atoms with Gasteiger partial charge in [-0.1, -0.05) is 6.92 Å². The topological polar surface area (TPSA) is 18.5 Å². The first-order valence-electron chi connectivity index (χ1n) is 5.96. The monoisotopic (exact) mass is 197 g/mol. The first kappa shape index (κ1) is 10.4. The second-order valence-electron chi connectivity index (χ2n) is 4.68. The van der Waals surface area contributed by atoms with E-state index >= 15 is 0 Å². The molecule has 2 fully saturated rings. The molecule has 0 aromatic heterocycles. The summed E-state index contributed by atoms with van der Waals surface area (Å²) in [4.78, 5) is 5.17. The molecule has 0 spiro atoms. The van der Waals surface area contributed by atoms with Crippen molar-refractivity contribution in [2.45, 2.75) is 31.8 Å². The van der Waals surface area contributed by atoms with E-state index in [9.17, 15) is 0 Å². The fourth-order valence-corrected chi connectivity index (χ4v) is 2.92. The van der Waals surface area contributed by atoms with Gasteiger partial charge in [0.15, 0.2) is 0 Å². The number of hydrogen-bond donors (Lipinski definition) is 1. The number of hydrogen-bond acceptors (Lipinski definition) is 3. The average Bonchev–Trinajstić information content (AvgIpc) is 2.79. The summed E-state index contributed by atoms with van der Waals surface area (Å²) in [6.07, 6.45) is 2.70. The number of nitrogens with zero attached hydrogens (tertiary/aromatic N) is 2. The van der Waals surface area contributed by atoms with Gasteiger partial charge in [0.25, 0.3) is 0 Å². The first-order valence-corrected chi connectivity index (χ1v) is 5.96. The molecule has 0 aliphatic carbocycles. The van der Waals surface area contributed by atoms with Crippen LogP contribution in [0.4, 0.5) is 0 Å². The molecule has 0 amide bonds. The molecule has 82 valence electrons. The van der Waals surface area contributed by atoms with Crippen molar-refractivity contribution in [2.75, 3.05) is 39.8 Å². The lowest BCUT2D eigenvalue weighted by Crippen LogP contribution is -2.45. The maximum absolute atomic E-state index is 3.47. The van der Waals surface area contributed by atoms with Crippen LogP contribution < -0.4 is 5.32 Å². The molecule has 2 saturated heterocycles. The Labute approximate surface area is 87.4 Å². The van der Waals surface area contributed by atoms with Crippen molar-refractivity contribution in [1.29, 1.82) is 0 Å². The maximum Gasteiger partial charge on any atom is 0.0238 e. The zero-order chi connectivity index (χ0) is 9.97. The van der Waals surface area contributed by atoms with E-state index < -0.39 is 0 Å². The van der Waals surface area contributed by atoms with Gasteiger partial charge in [-0.25, -0.2) is 0 Å². The van der Waals surface area contributed by atoms with Gasteiger partial charge in [-0.3, -0.25) is 4.90 Å². The molecule has 0 radical (unpaired) electrons. The summed E-state index contributed by atoms with van der Waals surface area (Å²) in [7, 11) is 2.24. The van der Waals surface area contributed by atoms with Crippen molar-refractivity contribution in [1.82, 2.24) is 15.1 Å². The van der Waals surface area contributed by atoms with Crippen molar-refractivity contribution in [3.05, 3.63) is 0 Å². The largest absolute Gasteiger partial charge is 0.315 e. The highest BCUT2D eigenvalue weighted by atomic mass is 15.3. The normalized spacial score (nSPS) is 34.5. The van der Waals surface area contributed by atoms with Gasteiger partial charge in [0.1, 0.15) is 0 Å². The second-order valence-corrected chi connectivity index (χ2v) is 4.68. The van der Waals surface area contributed by atoms with Gasteiger partial charge in [-0.2, -0.15) is 0 Å². The Bertz CT molecular complexity index is 177. The Morgan fingerprint density at radius 2 is 2.21 bits per heavy atom. The lowest BCUT2D eigenvalue weighted by atomic mass is 10.1. The molecule has 1 N–H and O–H groups in total. The highest BCUT2D eigenvalue weighted by molar-refractivity contribution is 4.88. The Balaban J connectivity index is 1.91. The molecule has 2 unspecified atom stereocenters. The summed E-state index contributed by atoms with van der Waals surface area (Å²) in [5.41, 5.74) is 0. The Morgan fingerprint density at radius 3 is 2.71 bits per heavy atom. The Morgan fingerprint density at radius 1 is 1.36 bits per heavy atom. The van der Waals surface area contributed by atoms with Crippen LogP contribution in [0.25, 0.3) is 0 Å². The van der Waals surface area contributed by atoms with Crippen LogP contribution in [0.2, 0.25) is 0 Å². The summed E-state index contributed by atoms with van der Waals surface area (Å²) < 4.78 is 0. The van der Waals surface area contributed by atoms with Crippen LogP contribution in [0.15, 0.2) is 0 Å². The van der Waals surface area contributed by atoms with Gasteiger partial charge >= 0.3 is 0 Å². The summed E-state index contributed by atoms with van der Waals surface area (Å²) in [5, 5.41) is 3.47. The minimum Gasteiger partial charge on any atom is -0.315 e. The molecule has 0 aromatic rings. The van der Waals surface area contributed by atoms with Crippen LogP contribution in [0.5, 0.6) is 0 Å². The lowest BCUT2D eigenvalue weighted by Gasteiger charge is -2.32. The minimum absolute atomic E-state index is 0.802. The van der Waals surface area contributed by atoms with Crippen LogP contribution in [0.3, 0.4) is 0 Å². The molecular weight excluding hydrogens is 174 g/mol. The predicted octanol–water partition coefficient (Wildman–Crippen LogP) is 0.374. The van der Waals surface area contributed by atoms with Crippen LogP contribution >= 0.6 is 0 Å². The Hall–Kier alpha value is -0.120. The van der Waals surface area contributed by atoms with Gasteiger partial charge in [0, 0.05) is 25.2 Å². The standard InChI is InChI=1S/C11H23N3/c1-3-14(10-4-6-12-8-10)11-5-7-13(2)9-11/h10-12H,3-9H2,1-2H3. The van der Waals surface area contributed by atoms with Crippen LogP contribution in [-0.2, 0) is 0 Å². The van der Waals surface area contributed by atoms with E-state index in [0.29, 0.717) is 0 Å². The molecule has 3 nitrogen and oxygen atoms in total. The molecule has 3 heteroatoms. The predicted molar refractivity (Wildman–Crippen MR) is 59.6 cm³/mol. The van der Waals surface area contributed by atoms with E-state index in [1.807, 2.05) is 0 Å². The summed E-state index contributed by atoms with van der Waals surface area (Å²) >= 11 is 0. The van der Waals surface area contributed by atoms with E-state index in [1.165, 1.54) is 45.6 Å². The van der Waals surface area contributed by atoms with Gasteiger partial charge in [0.2, 0.25) is 0 Å². The molecule has 0 saturated carbocycles. The van der Waals surface area contributed by atoms with Gasteiger partial charge < -0.3 is 10.2 Å². The molecule has 2 rings (SSSR count). The zero-order valence-corrected chi connectivity index (χ0v) is 9.50. The zero-order valence-electron chi connectivity index (χ0n) is 9.50. The van der Waals surface area contributed by atoms with Crippen LogP contribution in [0.1, 0.15) is 19.8 Å². The highest BCUT2D eigenvalue weighted by Crippen LogP contribution is 2.19. The van der Waals surface area contributed by atoms with Crippen LogP contribution in [0, 0.1) is 0 Å². The number of likely N-dealkylation sites (tertiary alicyclic amines) is 1. The third kappa shape index (κ3) is 2.10. The number of rotatable bonds is 3. The first-order chi connectivity index (χ1) is 6.81. The molecule has 0 bridgehead atoms. The van der Waals surface area contributed by atoms with E-state index in [2.05, 4.69) is 29.1 Å². The molecule has 2 heterocycles. The van der Waals surface area contributed by atoms with Gasteiger partial charge in [-0.05, 0) is 39.5 Å². The summed E-state index contributed by atoms with van der Waals surface area (Å²) in [6, 6.07) is 1.62. The highest BCUT2D eigenvalue weighted by Gasteiger charge is 2.30. The van der Waals surface area contributed by atoms with E-state index in [0.717, 1.165) is 12.1 Å². The van der Waals surface area contributed by atoms with Crippen molar-refractivity contribution < 1.29 is 0 Å². The molecular formula is C11H23N3. The molecule has 2 aliphatic rings. The van der Waals surface area contributed by atoms with E-state index in [4.69, 9.17) is 0 Å². The maximum atomic E-state index is 3.47. The summed E-state index contributed by atoms with van der Waals surface area (Å²) in [6.45, 7) is 8.48. The third-order valence-electron chi connectivity index (χ3n) is 3.70. The average molecular weight is 197 g/mol. The van der Waals surface area contributed by atoms with Crippen molar-refractivity contribution in [3.8, 4) is 0 Å². The van der Waals surface area contributed by atoms with Crippen molar-refractivity contribution in [3.63, 3.8) is 0 Å². The third-order valence-corrected chi connectivity index (χ3v) is 3.70. The number of likely N-dealkylation sites (N-methyl/N-ethyl adjacent to an activating group) is 2. The smallest absolute Gasteiger partial charge is 0.0238 e. The molecule has 2 atom stereocenters. The van der Waals surface area contributed by atoms with Crippen molar-refractivity contribution >= 4 is 0 Å². The number of nitrogens with one attached hydrogen (secondary N) is 1. The van der Waals surface area contributed by atoms with Crippen molar-refractivity contribution in [2.24, 2.45) is 0 Å². The SMILES string of the molecule is CCN(C1CCNC1)C1CCN(C)C1. The summed E-state index contributed by atoms with van der Waals surface area (Å²) in [5.74, 6) is 0. The van der Waals surface area contributed by atoms with Gasteiger partial charge in [0.05, 0.1) is 0 Å². The molecule has 14 heavy (non-hydrogen) atoms. The van der Waals surface area contributed by atoms with E-state index in [-0.39, 0.29) is 0 Å². The molecule has 2 aliphatic heterocycles. The molecule has 0 aromatic carbocycles. The minimum atomic E-state index is 0.802. The fraction of sp³-hybridized carbons (Fsp3) is 1.00.